The van der Waals surface area contributed by atoms with Crippen molar-refractivity contribution in [1.82, 2.24) is 20.1 Å². The molecule has 0 aromatic carbocycles. The lowest BCUT2D eigenvalue weighted by atomic mass is 10.0. The van der Waals surface area contributed by atoms with Gasteiger partial charge in [-0.1, -0.05) is 19.4 Å². The number of likely N-dealkylation sites (tertiary alicyclic amines) is 1. The van der Waals surface area contributed by atoms with E-state index in [0.717, 1.165) is 51.0 Å². The summed E-state index contributed by atoms with van der Waals surface area (Å²) in [6.45, 7) is 9.60. The van der Waals surface area contributed by atoms with Crippen LogP contribution in [0.1, 0.15) is 26.2 Å². The molecule has 2 aliphatic rings. The van der Waals surface area contributed by atoms with Gasteiger partial charge in [-0.2, -0.15) is 0 Å². The molecule has 0 amide bonds. The number of piperazine rings is 1. The Bertz CT molecular complexity index is 544. The van der Waals surface area contributed by atoms with Crippen LogP contribution in [-0.4, -0.2) is 79.6 Å². The van der Waals surface area contributed by atoms with Crippen LogP contribution in [0.15, 0.2) is 29.4 Å². The topological polar surface area (TPSA) is 47.0 Å². The molecule has 26 heavy (non-hydrogen) atoms. The first-order valence-corrected chi connectivity index (χ1v) is 9.67. The van der Waals surface area contributed by atoms with Crippen LogP contribution >= 0.6 is 24.0 Å². The van der Waals surface area contributed by atoms with E-state index in [1.54, 1.807) is 0 Å². The number of piperidine rings is 1. The second-order valence-corrected chi connectivity index (χ2v) is 6.87. The Kier molecular flexibility index (Phi) is 8.90. The second kappa shape index (κ2) is 10.9. The molecular weight excluding hydrogens is 439 g/mol. The molecule has 1 unspecified atom stereocenters. The molecule has 1 aromatic rings. The third-order valence-corrected chi connectivity index (χ3v) is 5.42. The number of nitrogens with one attached hydrogen (secondary N) is 1. The summed E-state index contributed by atoms with van der Waals surface area (Å²) < 4.78 is 0. The Morgan fingerprint density at radius 1 is 1.19 bits per heavy atom. The van der Waals surface area contributed by atoms with Crippen LogP contribution in [0, 0.1) is 0 Å². The zero-order valence-electron chi connectivity index (χ0n) is 16.1. The Morgan fingerprint density at radius 2 is 2.00 bits per heavy atom. The highest BCUT2D eigenvalue weighted by Crippen LogP contribution is 2.16. The molecule has 0 radical (unpaired) electrons. The predicted molar refractivity (Wildman–Crippen MR) is 120 cm³/mol. The number of aromatic nitrogens is 1. The van der Waals surface area contributed by atoms with E-state index in [2.05, 4.69) is 49.0 Å². The molecule has 2 fully saturated rings. The highest BCUT2D eigenvalue weighted by atomic mass is 127. The summed E-state index contributed by atoms with van der Waals surface area (Å²) in [7, 11) is 1.89. The number of rotatable bonds is 4. The predicted octanol–water partition coefficient (Wildman–Crippen LogP) is 2.27. The Morgan fingerprint density at radius 3 is 2.65 bits per heavy atom. The highest BCUT2D eigenvalue weighted by molar-refractivity contribution is 14.0. The van der Waals surface area contributed by atoms with Gasteiger partial charge >= 0.3 is 0 Å². The SMILES string of the molecule is CCN1CCCCC1CNC(=NC)N1CCN(c2ccccn2)CC1.I. The molecule has 146 valence electrons. The fraction of sp³-hybridized carbons (Fsp3) is 0.684. The van der Waals surface area contributed by atoms with E-state index in [1.807, 2.05) is 19.3 Å². The molecule has 3 heterocycles. The van der Waals surface area contributed by atoms with Crippen LogP contribution in [0.5, 0.6) is 0 Å². The number of pyridine rings is 1. The first kappa shape index (κ1) is 21.2. The first-order valence-electron chi connectivity index (χ1n) is 9.67. The largest absolute Gasteiger partial charge is 0.355 e. The van der Waals surface area contributed by atoms with E-state index < -0.39 is 0 Å². The van der Waals surface area contributed by atoms with Crippen molar-refractivity contribution in [2.75, 3.05) is 57.8 Å². The van der Waals surface area contributed by atoms with E-state index in [0.29, 0.717) is 6.04 Å². The van der Waals surface area contributed by atoms with Crippen molar-refractivity contribution in [1.29, 1.82) is 0 Å². The molecule has 0 aliphatic carbocycles. The minimum atomic E-state index is 0. The summed E-state index contributed by atoms with van der Waals surface area (Å²) in [6, 6.07) is 6.76. The molecule has 0 saturated carbocycles. The lowest BCUT2D eigenvalue weighted by Gasteiger charge is -2.39. The Balaban J connectivity index is 0.00000243. The maximum Gasteiger partial charge on any atom is 0.193 e. The van der Waals surface area contributed by atoms with Crippen LogP contribution < -0.4 is 10.2 Å². The molecule has 7 heteroatoms. The van der Waals surface area contributed by atoms with Crippen LogP contribution in [0.2, 0.25) is 0 Å². The van der Waals surface area contributed by atoms with Gasteiger partial charge in [-0.3, -0.25) is 9.89 Å². The maximum atomic E-state index is 4.52. The van der Waals surface area contributed by atoms with Crippen molar-refractivity contribution in [2.24, 2.45) is 4.99 Å². The maximum absolute atomic E-state index is 4.52. The van der Waals surface area contributed by atoms with Crippen LogP contribution in [0.3, 0.4) is 0 Å². The van der Waals surface area contributed by atoms with Gasteiger partial charge in [-0.25, -0.2) is 4.98 Å². The number of aliphatic imine (C=N–C) groups is 1. The summed E-state index contributed by atoms with van der Waals surface area (Å²) in [5.74, 6) is 2.12. The first-order chi connectivity index (χ1) is 12.3. The number of hydrogen-bond donors (Lipinski definition) is 1. The summed E-state index contributed by atoms with van der Waals surface area (Å²) in [4.78, 5) is 16.3. The molecule has 1 atom stereocenters. The number of guanidine groups is 1. The fourth-order valence-corrected chi connectivity index (χ4v) is 3.94. The summed E-state index contributed by atoms with van der Waals surface area (Å²) in [5.41, 5.74) is 0. The van der Waals surface area contributed by atoms with Crippen molar-refractivity contribution in [3.63, 3.8) is 0 Å². The van der Waals surface area contributed by atoms with Gasteiger partial charge in [0.2, 0.25) is 0 Å². The van der Waals surface area contributed by atoms with Crippen LogP contribution in [0.4, 0.5) is 5.82 Å². The highest BCUT2D eigenvalue weighted by Gasteiger charge is 2.23. The number of halogens is 1. The molecule has 1 N–H and O–H groups in total. The minimum Gasteiger partial charge on any atom is -0.355 e. The van der Waals surface area contributed by atoms with Gasteiger partial charge in [0.15, 0.2) is 5.96 Å². The fourth-order valence-electron chi connectivity index (χ4n) is 3.94. The average molecular weight is 472 g/mol. The van der Waals surface area contributed by atoms with Crippen LogP contribution in [0.25, 0.3) is 0 Å². The van der Waals surface area contributed by atoms with Gasteiger partial charge in [0.1, 0.15) is 5.82 Å². The molecule has 3 rings (SSSR count). The molecule has 1 aromatic heterocycles. The van der Waals surface area contributed by atoms with Gasteiger partial charge in [0, 0.05) is 52.0 Å². The van der Waals surface area contributed by atoms with Crippen LogP contribution in [-0.2, 0) is 0 Å². The van der Waals surface area contributed by atoms with E-state index in [4.69, 9.17) is 0 Å². The number of likely N-dealkylation sites (N-methyl/N-ethyl adjacent to an activating group) is 1. The second-order valence-electron chi connectivity index (χ2n) is 6.87. The van der Waals surface area contributed by atoms with Gasteiger partial charge in [0.25, 0.3) is 0 Å². The lowest BCUT2D eigenvalue weighted by molar-refractivity contribution is 0.156. The third kappa shape index (κ3) is 5.45. The Labute approximate surface area is 175 Å². The number of nitrogens with zero attached hydrogens (tertiary/aromatic N) is 5. The number of anilines is 1. The van der Waals surface area contributed by atoms with E-state index in [1.165, 1.54) is 25.8 Å². The standard InChI is InChI=1S/C19H32N6.HI/c1-3-23-11-7-5-8-17(23)16-22-19(20-2)25-14-12-24(13-15-25)18-9-4-6-10-21-18;/h4,6,9-10,17H,3,5,7-8,11-16H2,1-2H3,(H,20,22);1H. The Hall–Kier alpha value is -1.09. The zero-order valence-corrected chi connectivity index (χ0v) is 18.4. The van der Waals surface area contributed by atoms with Crippen molar-refractivity contribution in [3.8, 4) is 0 Å². The lowest BCUT2D eigenvalue weighted by Crippen LogP contribution is -2.55. The van der Waals surface area contributed by atoms with Gasteiger partial charge in [-0.15, -0.1) is 24.0 Å². The summed E-state index contributed by atoms with van der Waals surface area (Å²) in [6.07, 6.45) is 5.86. The van der Waals surface area contributed by atoms with Crippen molar-refractivity contribution in [2.45, 2.75) is 32.2 Å². The molecule has 2 aliphatic heterocycles. The average Bonchev–Trinajstić information content (AvgIpc) is 2.70. The smallest absolute Gasteiger partial charge is 0.193 e. The number of hydrogen-bond acceptors (Lipinski definition) is 4. The van der Waals surface area contributed by atoms with Crippen molar-refractivity contribution >= 4 is 35.8 Å². The van der Waals surface area contributed by atoms with E-state index in [9.17, 15) is 0 Å². The monoisotopic (exact) mass is 472 g/mol. The minimum absolute atomic E-state index is 0. The van der Waals surface area contributed by atoms with Gasteiger partial charge in [-0.05, 0) is 38.1 Å². The summed E-state index contributed by atoms with van der Waals surface area (Å²) >= 11 is 0. The molecule has 0 spiro atoms. The zero-order chi connectivity index (χ0) is 17.5. The molecular formula is C19H33IN6. The molecule has 2 saturated heterocycles. The third-order valence-electron chi connectivity index (χ3n) is 5.42. The van der Waals surface area contributed by atoms with Crippen molar-refractivity contribution in [3.05, 3.63) is 24.4 Å². The van der Waals surface area contributed by atoms with Gasteiger partial charge in [0.05, 0.1) is 0 Å². The van der Waals surface area contributed by atoms with Gasteiger partial charge < -0.3 is 15.1 Å². The van der Waals surface area contributed by atoms with E-state index >= 15 is 0 Å². The van der Waals surface area contributed by atoms with E-state index in [-0.39, 0.29) is 24.0 Å². The quantitative estimate of drug-likeness (QED) is 0.414. The summed E-state index contributed by atoms with van der Waals surface area (Å²) in [5, 5.41) is 3.63. The normalized spacial score (nSPS) is 22.1. The van der Waals surface area contributed by atoms with Crippen molar-refractivity contribution < 1.29 is 0 Å². The molecule has 0 bridgehead atoms. The molecule has 6 nitrogen and oxygen atoms in total.